The molecule has 1 aliphatic heterocycles. The van der Waals surface area contributed by atoms with Crippen LogP contribution in [0.4, 0.5) is 10.5 Å². The quantitative estimate of drug-likeness (QED) is 0.848. The molecular weight excluding hydrogens is 266 g/mol. The van der Waals surface area contributed by atoms with E-state index >= 15 is 0 Å². The number of piperidine rings is 1. The maximum atomic E-state index is 11.2. The number of pyridine rings is 1. The van der Waals surface area contributed by atoms with Crippen molar-refractivity contribution in [2.24, 2.45) is 0 Å². The zero-order valence-corrected chi connectivity index (χ0v) is 11.9. The average Bonchev–Trinajstić information content (AvgIpc) is 2.41. The maximum Gasteiger partial charge on any atom is 0.408 e. The Balaban J connectivity index is 2.28. The van der Waals surface area contributed by atoms with Gasteiger partial charge in [-0.25, -0.2) is 9.78 Å². The summed E-state index contributed by atoms with van der Waals surface area (Å²) in [5.74, 6) is 0. The molecule has 6 heteroatoms. The second kappa shape index (κ2) is 5.65. The Morgan fingerprint density at radius 2 is 2.32 bits per heavy atom. The zero-order chi connectivity index (χ0) is 14.0. The minimum atomic E-state index is -0.907. The maximum absolute atomic E-state index is 11.2. The summed E-state index contributed by atoms with van der Waals surface area (Å²) in [4.78, 5) is 18.8. The largest absolute Gasteiger partial charge is 0.465 e. The fourth-order valence-corrected chi connectivity index (χ4v) is 2.55. The fourth-order valence-electron chi connectivity index (χ4n) is 2.45. The third kappa shape index (κ3) is 2.92. The lowest BCUT2D eigenvalue weighted by Crippen LogP contribution is -2.51. The molecule has 1 saturated heterocycles. The van der Waals surface area contributed by atoms with Gasteiger partial charge in [-0.05, 0) is 37.8 Å². The van der Waals surface area contributed by atoms with Gasteiger partial charge in [0.05, 0.1) is 11.9 Å². The van der Waals surface area contributed by atoms with Crippen molar-refractivity contribution in [1.82, 2.24) is 9.88 Å². The lowest BCUT2D eigenvalue weighted by atomic mass is 10.1. The van der Waals surface area contributed by atoms with Crippen LogP contribution in [0.2, 0.25) is 5.15 Å². The van der Waals surface area contributed by atoms with Gasteiger partial charge in [-0.1, -0.05) is 11.6 Å². The van der Waals surface area contributed by atoms with Gasteiger partial charge in [0.15, 0.2) is 0 Å². The predicted molar refractivity (Wildman–Crippen MR) is 74.8 cm³/mol. The van der Waals surface area contributed by atoms with Gasteiger partial charge in [0.2, 0.25) is 0 Å². The summed E-state index contributed by atoms with van der Waals surface area (Å²) in [5, 5.41) is 9.65. The SMILES string of the molecule is Cc1cc(N2CCCCC2N(C)C(=O)O)cnc1Cl. The van der Waals surface area contributed by atoms with E-state index in [1.54, 1.807) is 13.2 Å². The highest BCUT2D eigenvalue weighted by atomic mass is 35.5. The summed E-state index contributed by atoms with van der Waals surface area (Å²) in [6, 6.07) is 1.96. The number of aromatic nitrogens is 1. The molecule has 0 aromatic carbocycles. The van der Waals surface area contributed by atoms with Crippen LogP contribution >= 0.6 is 11.6 Å². The van der Waals surface area contributed by atoms with Gasteiger partial charge >= 0.3 is 6.09 Å². The molecule has 1 atom stereocenters. The fraction of sp³-hybridized carbons (Fsp3) is 0.538. The molecule has 104 valence electrons. The number of amides is 1. The van der Waals surface area contributed by atoms with E-state index < -0.39 is 6.09 Å². The molecule has 1 unspecified atom stereocenters. The number of carboxylic acid groups (broad SMARTS) is 1. The second-order valence-corrected chi connectivity index (χ2v) is 5.22. The van der Waals surface area contributed by atoms with E-state index in [2.05, 4.69) is 9.88 Å². The Morgan fingerprint density at radius 1 is 1.58 bits per heavy atom. The van der Waals surface area contributed by atoms with E-state index in [-0.39, 0.29) is 6.17 Å². The topological polar surface area (TPSA) is 56.7 Å². The van der Waals surface area contributed by atoms with Gasteiger partial charge in [0, 0.05) is 13.6 Å². The highest BCUT2D eigenvalue weighted by Gasteiger charge is 2.29. The molecule has 0 aliphatic carbocycles. The van der Waals surface area contributed by atoms with Crippen molar-refractivity contribution in [3.05, 3.63) is 23.0 Å². The van der Waals surface area contributed by atoms with Gasteiger partial charge in [-0.2, -0.15) is 0 Å². The van der Waals surface area contributed by atoms with Crippen LogP contribution in [0, 0.1) is 6.92 Å². The molecule has 0 saturated carbocycles. The summed E-state index contributed by atoms with van der Waals surface area (Å²) in [6.07, 6.45) is 3.61. The molecule has 19 heavy (non-hydrogen) atoms. The van der Waals surface area contributed by atoms with Crippen molar-refractivity contribution in [2.75, 3.05) is 18.5 Å². The van der Waals surface area contributed by atoms with Crippen LogP contribution in [0.5, 0.6) is 0 Å². The van der Waals surface area contributed by atoms with Crippen LogP contribution in [0.3, 0.4) is 0 Å². The smallest absolute Gasteiger partial charge is 0.408 e. The van der Waals surface area contributed by atoms with Gasteiger partial charge in [0.1, 0.15) is 11.3 Å². The number of aryl methyl sites for hydroxylation is 1. The number of halogens is 1. The molecule has 1 amide bonds. The van der Waals surface area contributed by atoms with Gasteiger partial charge in [-0.3, -0.25) is 4.90 Å². The number of carbonyl (C=O) groups is 1. The van der Waals surface area contributed by atoms with Crippen molar-refractivity contribution in [3.63, 3.8) is 0 Å². The molecule has 5 nitrogen and oxygen atoms in total. The molecule has 2 heterocycles. The Hall–Kier alpha value is -1.49. The summed E-state index contributed by atoms with van der Waals surface area (Å²) < 4.78 is 0. The van der Waals surface area contributed by atoms with Crippen LogP contribution in [0.15, 0.2) is 12.3 Å². The molecule has 0 bridgehead atoms. The molecule has 1 aromatic heterocycles. The van der Waals surface area contributed by atoms with Crippen molar-refractivity contribution in [1.29, 1.82) is 0 Å². The second-order valence-electron chi connectivity index (χ2n) is 4.86. The first-order valence-electron chi connectivity index (χ1n) is 6.35. The average molecular weight is 284 g/mol. The lowest BCUT2D eigenvalue weighted by Gasteiger charge is -2.41. The number of anilines is 1. The van der Waals surface area contributed by atoms with Crippen molar-refractivity contribution in [3.8, 4) is 0 Å². The summed E-state index contributed by atoms with van der Waals surface area (Å²) in [6.45, 7) is 2.74. The highest BCUT2D eigenvalue weighted by molar-refractivity contribution is 6.30. The predicted octanol–water partition coefficient (Wildman–Crippen LogP) is 2.97. The number of hydrogen-bond donors (Lipinski definition) is 1. The first-order valence-corrected chi connectivity index (χ1v) is 6.73. The zero-order valence-electron chi connectivity index (χ0n) is 11.1. The van der Waals surface area contributed by atoms with E-state index in [4.69, 9.17) is 16.7 Å². The Bertz CT molecular complexity index is 481. The number of rotatable bonds is 2. The molecular formula is C13H18ClN3O2. The van der Waals surface area contributed by atoms with Crippen LogP contribution < -0.4 is 4.90 Å². The Labute approximate surface area is 117 Å². The molecule has 1 aromatic rings. The van der Waals surface area contributed by atoms with E-state index in [9.17, 15) is 4.79 Å². The molecule has 0 spiro atoms. The third-order valence-corrected chi connectivity index (χ3v) is 3.95. The van der Waals surface area contributed by atoms with E-state index in [1.165, 1.54) is 4.90 Å². The van der Waals surface area contributed by atoms with Gasteiger partial charge in [-0.15, -0.1) is 0 Å². The Morgan fingerprint density at radius 3 is 2.95 bits per heavy atom. The highest BCUT2D eigenvalue weighted by Crippen LogP contribution is 2.28. The first-order chi connectivity index (χ1) is 9.00. The molecule has 1 fully saturated rings. The van der Waals surface area contributed by atoms with Crippen LogP contribution in [-0.4, -0.2) is 40.8 Å². The molecule has 2 rings (SSSR count). The first kappa shape index (κ1) is 13.9. The molecule has 1 N–H and O–H groups in total. The molecule has 1 aliphatic rings. The van der Waals surface area contributed by atoms with E-state index in [1.807, 2.05) is 13.0 Å². The van der Waals surface area contributed by atoms with Crippen LogP contribution in [-0.2, 0) is 0 Å². The van der Waals surface area contributed by atoms with E-state index in [0.29, 0.717) is 5.15 Å². The number of hydrogen-bond acceptors (Lipinski definition) is 3. The number of nitrogens with zero attached hydrogens (tertiary/aromatic N) is 3. The van der Waals surface area contributed by atoms with Gasteiger partial charge < -0.3 is 10.0 Å². The third-order valence-electron chi connectivity index (χ3n) is 3.55. The lowest BCUT2D eigenvalue weighted by molar-refractivity contribution is 0.129. The van der Waals surface area contributed by atoms with Gasteiger partial charge in [0.25, 0.3) is 0 Å². The summed E-state index contributed by atoms with van der Waals surface area (Å²) >= 11 is 5.93. The monoisotopic (exact) mass is 283 g/mol. The minimum absolute atomic E-state index is 0.131. The standard InChI is InChI=1S/C13H18ClN3O2/c1-9-7-10(8-15-12(9)14)17-6-4-3-5-11(17)16(2)13(18)19/h7-8,11H,3-6H2,1-2H3,(H,18,19). The Kier molecular flexibility index (Phi) is 4.14. The van der Waals surface area contributed by atoms with Crippen molar-refractivity contribution in [2.45, 2.75) is 32.4 Å². The summed E-state index contributed by atoms with van der Waals surface area (Å²) in [5.41, 5.74) is 1.83. The van der Waals surface area contributed by atoms with Crippen LogP contribution in [0.1, 0.15) is 24.8 Å². The van der Waals surface area contributed by atoms with Crippen molar-refractivity contribution < 1.29 is 9.90 Å². The summed E-state index contributed by atoms with van der Waals surface area (Å²) in [7, 11) is 1.61. The van der Waals surface area contributed by atoms with Crippen LogP contribution in [0.25, 0.3) is 0 Å². The van der Waals surface area contributed by atoms with E-state index in [0.717, 1.165) is 37.1 Å². The molecule has 0 radical (unpaired) electrons. The minimum Gasteiger partial charge on any atom is -0.465 e. The van der Waals surface area contributed by atoms with Crippen molar-refractivity contribution >= 4 is 23.4 Å². The normalized spacial score (nSPS) is 19.3.